The van der Waals surface area contributed by atoms with Crippen LogP contribution in [0.5, 0.6) is 0 Å². The fourth-order valence-corrected chi connectivity index (χ4v) is 5.92. The average molecular weight is 598 g/mol. The molecule has 2 N–H and O–H groups in total. The molecule has 0 aliphatic carbocycles. The Balaban J connectivity index is 1.01. The number of fused-ring (bicyclic) bond motifs is 1. The summed E-state index contributed by atoms with van der Waals surface area (Å²) in [6.07, 6.45) is 1.62. The van der Waals surface area contributed by atoms with E-state index in [9.17, 15) is 4.79 Å². The predicted octanol–water partition coefficient (Wildman–Crippen LogP) is 5.46. The number of benzene rings is 2. The molecule has 2 aliphatic heterocycles. The first-order valence-electron chi connectivity index (χ1n) is 15.4. The molecule has 2 aromatic carbocycles. The quantitative estimate of drug-likeness (QED) is 0.288. The maximum absolute atomic E-state index is 12.2. The van der Waals surface area contributed by atoms with E-state index in [0.29, 0.717) is 11.9 Å². The Morgan fingerprint density at radius 2 is 1.66 bits per heavy atom. The van der Waals surface area contributed by atoms with Crippen LogP contribution in [0.2, 0.25) is 0 Å². The van der Waals surface area contributed by atoms with Gasteiger partial charge in [0.1, 0.15) is 5.60 Å². The highest BCUT2D eigenvalue weighted by atomic mass is 16.6. The molecule has 6 rings (SSSR count). The molecule has 4 heterocycles. The summed E-state index contributed by atoms with van der Waals surface area (Å²) in [6, 6.07) is 14.7. The predicted molar refractivity (Wildman–Crippen MR) is 175 cm³/mol. The largest absolute Gasteiger partial charge is 0.444 e. The van der Waals surface area contributed by atoms with Crippen molar-refractivity contribution in [3.63, 3.8) is 0 Å². The number of ether oxygens (including phenoxy) is 1. The summed E-state index contributed by atoms with van der Waals surface area (Å²) in [7, 11) is 1.90. The number of nitrogens with one attached hydrogen (secondary N) is 2. The Bertz CT molecular complexity index is 1610. The van der Waals surface area contributed by atoms with Crippen LogP contribution >= 0.6 is 0 Å². The van der Waals surface area contributed by atoms with Gasteiger partial charge < -0.3 is 25.2 Å². The number of carbonyl (C=O) groups excluding carboxylic acids is 1. The van der Waals surface area contributed by atoms with Crippen LogP contribution in [0.1, 0.15) is 31.9 Å². The average Bonchev–Trinajstić information content (AvgIpc) is 3.26. The van der Waals surface area contributed by atoms with Crippen molar-refractivity contribution in [1.82, 2.24) is 29.5 Å². The van der Waals surface area contributed by atoms with Gasteiger partial charge in [-0.1, -0.05) is 18.2 Å². The molecule has 0 bridgehead atoms. The van der Waals surface area contributed by atoms with Crippen molar-refractivity contribution in [2.24, 2.45) is 13.0 Å². The Kier molecular flexibility index (Phi) is 8.06. The fourth-order valence-electron chi connectivity index (χ4n) is 5.92. The minimum atomic E-state index is -0.446. The van der Waals surface area contributed by atoms with Gasteiger partial charge in [-0.15, -0.1) is 0 Å². The van der Waals surface area contributed by atoms with E-state index in [1.54, 1.807) is 4.68 Å². The van der Waals surface area contributed by atoms with Crippen molar-refractivity contribution in [1.29, 1.82) is 0 Å². The van der Waals surface area contributed by atoms with Gasteiger partial charge in [-0.2, -0.15) is 10.1 Å². The summed E-state index contributed by atoms with van der Waals surface area (Å²) in [5.41, 5.74) is 5.83. The first-order chi connectivity index (χ1) is 21.0. The smallest absolute Gasteiger partial charge is 0.410 e. The Morgan fingerprint density at radius 1 is 0.977 bits per heavy atom. The zero-order chi connectivity index (χ0) is 31.0. The van der Waals surface area contributed by atoms with Crippen molar-refractivity contribution in [2.75, 3.05) is 61.3 Å². The van der Waals surface area contributed by atoms with E-state index >= 15 is 0 Å². The number of aromatic nitrogens is 4. The number of amides is 1. The van der Waals surface area contributed by atoms with Crippen LogP contribution in [0.3, 0.4) is 0 Å². The third-order valence-electron chi connectivity index (χ3n) is 8.29. The maximum Gasteiger partial charge on any atom is 0.410 e. The molecule has 4 aromatic rings. The van der Waals surface area contributed by atoms with Crippen LogP contribution in [0.25, 0.3) is 11.0 Å². The van der Waals surface area contributed by atoms with E-state index in [1.165, 1.54) is 5.69 Å². The van der Waals surface area contributed by atoms with Gasteiger partial charge in [0.05, 0.1) is 5.39 Å². The fraction of sp³-hybridized carbons (Fsp3) is 0.455. The molecule has 2 aliphatic rings. The molecule has 0 unspecified atom stereocenters. The maximum atomic E-state index is 12.2. The molecule has 0 atom stereocenters. The van der Waals surface area contributed by atoms with Gasteiger partial charge in [0, 0.05) is 82.0 Å². The van der Waals surface area contributed by atoms with E-state index in [0.717, 1.165) is 85.2 Å². The third-order valence-corrected chi connectivity index (χ3v) is 8.29. The van der Waals surface area contributed by atoms with Crippen LogP contribution in [0.4, 0.5) is 33.6 Å². The molecule has 232 valence electrons. The van der Waals surface area contributed by atoms with Crippen molar-refractivity contribution in [3.05, 3.63) is 59.8 Å². The summed E-state index contributed by atoms with van der Waals surface area (Å²) in [4.78, 5) is 28.3. The number of nitrogens with zero attached hydrogens (tertiary/aromatic N) is 7. The monoisotopic (exact) mass is 597 g/mol. The number of hydrogen-bond acceptors (Lipinski definition) is 9. The number of aryl methyl sites for hydroxylation is 3. The lowest BCUT2D eigenvalue weighted by atomic mass is 10.00. The number of rotatable bonds is 7. The summed E-state index contributed by atoms with van der Waals surface area (Å²) < 4.78 is 7.26. The lowest BCUT2D eigenvalue weighted by Gasteiger charge is -2.44. The molecule has 2 saturated heterocycles. The molecule has 11 heteroatoms. The van der Waals surface area contributed by atoms with Gasteiger partial charge in [-0.05, 0) is 70.0 Å². The van der Waals surface area contributed by atoms with Gasteiger partial charge in [0.25, 0.3) is 0 Å². The van der Waals surface area contributed by atoms with Crippen molar-refractivity contribution < 1.29 is 9.53 Å². The molecular weight excluding hydrogens is 554 g/mol. The number of piperazine rings is 1. The van der Waals surface area contributed by atoms with Gasteiger partial charge in [-0.3, -0.25) is 4.90 Å². The van der Waals surface area contributed by atoms with E-state index < -0.39 is 5.60 Å². The Morgan fingerprint density at radius 3 is 2.32 bits per heavy atom. The van der Waals surface area contributed by atoms with Gasteiger partial charge >= 0.3 is 6.09 Å². The van der Waals surface area contributed by atoms with Crippen LogP contribution in [-0.2, 0) is 11.8 Å². The zero-order valence-electron chi connectivity index (χ0n) is 26.6. The Labute approximate surface area is 259 Å². The highest BCUT2D eigenvalue weighted by Gasteiger charge is 2.35. The zero-order valence-corrected chi connectivity index (χ0v) is 26.6. The number of anilines is 5. The highest BCUT2D eigenvalue weighted by molar-refractivity contribution is 5.90. The molecule has 1 amide bonds. The Hall–Kier alpha value is -4.38. The third kappa shape index (κ3) is 6.57. The molecule has 0 radical (unpaired) electrons. The molecule has 0 saturated carbocycles. The van der Waals surface area contributed by atoms with Crippen LogP contribution < -0.4 is 15.5 Å². The molecule has 44 heavy (non-hydrogen) atoms. The van der Waals surface area contributed by atoms with E-state index in [2.05, 4.69) is 86.8 Å². The van der Waals surface area contributed by atoms with Crippen LogP contribution in [0, 0.1) is 19.8 Å². The summed E-state index contributed by atoms with van der Waals surface area (Å²) >= 11 is 0. The molecule has 2 aromatic heterocycles. The summed E-state index contributed by atoms with van der Waals surface area (Å²) in [5.74, 6) is 1.79. The van der Waals surface area contributed by atoms with E-state index in [1.807, 2.05) is 38.9 Å². The molecule has 11 nitrogen and oxygen atoms in total. The first-order valence-corrected chi connectivity index (χ1v) is 15.4. The number of carbonyl (C=O) groups is 1. The minimum Gasteiger partial charge on any atom is -0.444 e. The van der Waals surface area contributed by atoms with Gasteiger partial charge in [0.2, 0.25) is 5.95 Å². The lowest BCUT2D eigenvalue weighted by Crippen LogP contribution is -2.57. The highest BCUT2D eigenvalue weighted by Crippen LogP contribution is 2.29. The summed E-state index contributed by atoms with van der Waals surface area (Å²) in [5, 5.41) is 12.4. The minimum absolute atomic E-state index is 0.198. The SMILES string of the molecule is Cc1cccc(C)c1Nc1nn(C)c2nc(Nc3ccc(N4CCN(CC5CN(C(=O)OC(C)(C)C)C5)CC4)cc3)ncc12. The topological polar surface area (TPSA) is 104 Å². The second-order valence-electron chi connectivity index (χ2n) is 13.0. The van der Waals surface area contributed by atoms with E-state index in [-0.39, 0.29) is 6.09 Å². The standard InChI is InChI=1S/C33H43N9O2/c1-22-8-7-9-23(2)28(22)36-29-27-18-34-31(37-30(27)39(6)38-29)35-25-10-12-26(13-11-25)41-16-14-40(15-17-41)19-24-20-42(21-24)32(43)44-33(3,4)5/h7-13,18,24H,14-17,19-21H2,1-6H3,(H,36,38)(H,34,35,37). The van der Waals surface area contributed by atoms with Crippen molar-refractivity contribution in [3.8, 4) is 0 Å². The first kappa shape index (κ1) is 29.7. The number of para-hydroxylation sites is 1. The molecular formula is C33H43N9O2. The normalized spacial score (nSPS) is 16.2. The molecule has 0 spiro atoms. The van der Waals surface area contributed by atoms with Crippen molar-refractivity contribution in [2.45, 2.75) is 40.2 Å². The van der Waals surface area contributed by atoms with E-state index in [4.69, 9.17) is 9.72 Å². The summed E-state index contributed by atoms with van der Waals surface area (Å²) in [6.45, 7) is 16.5. The second kappa shape index (κ2) is 12.0. The lowest BCUT2D eigenvalue weighted by molar-refractivity contribution is -0.00657. The van der Waals surface area contributed by atoms with Crippen LogP contribution in [0.15, 0.2) is 48.7 Å². The van der Waals surface area contributed by atoms with Gasteiger partial charge in [-0.25, -0.2) is 14.5 Å². The second-order valence-corrected chi connectivity index (χ2v) is 13.0. The number of likely N-dealkylation sites (tertiary alicyclic amines) is 1. The van der Waals surface area contributed by atoms with Gasteiger partial charge in [0.15, 0.2) is 11.5 Å². The number of hydrogen-bond donors (Lipinski definition) is 2. The van der Waals surface area contributed by atoms with Crippen LogP contribution in [-0.4, -0.2) is 87.1 Å². The molecule has 2 fully saturated rings. The van der Waals surface area contributed by atoms with Crippen molar-refractivity contribution >= 4 is 46.0 Å².